The topological polar surface area (TPSA) is 96.5 Å². The van der Waals surface area contributed by atoms with Crippen LogP contribution in [-0.4, -0.2) is 59.6 Å². The fourth-order valence-corrected chi connectivity index (χ4v) is 3.98. The average molecular weight is 439 g/mol. The Bertz CT molecular complexity index is 1180. The average Bonchev–Trinajstić information content (AvgIpc) is 3.08. The Kier molecular flexibility index (Phi) is 6.27. The number of carbonyl (C=O) groups excluding carboxylic acids is 1. The van der Waals surface area contributed by atoms with E-state index in [0.717, 1.165) is 48.8 Å². The first-order valence-corrected chi connectivity index (χ1v) is 10.9. The minimum atomic E-state index is -0.531. The van der Waals surface area contributed by atoms with Crippen molar-refractivity contribution < 1.29 is 9.21 Å². The predicted octanol–water partition coefficient (Wildman–Crippen LogP) is 1.88. The largest absolute Gasteiger partial charge is 0.420 e. The number of hydrogen-bond acceptors (Lipinski definition) is 7. The molecule has 0 saturated carbocycles. The summed E-state index contributed by atoms with van der Waals surface area (Å²) in [5, 5.41) is 3.41. The van der Waals surface area contributed by atoms with E-state index in [9.17, 15) is 9.59 Å². The number of fused-ring (bicyclic) bond motifs is 1. The van der Waals surface area contributed by atoms with Gasteiger partial charge in [-0.1, -0.05) is 6.07 Å². The summed E-state index contributed by atoms with van der Waals surface area (Å²) in [6.07, 6.45) is 2.15. The molecule has 1 atom stereocenters. The molecule has 1 unspecified atom stereocenters. The van der Waals surface area contributed by atoms with Crippen molar-refractivity contribution in [3.05, 3.63) is 51.9 Å². The normalized spacial score (nSPS) is 16.3. The van der Waals surface area contributed by atoms with Gasteiger partial charge in [0.05, 0.1) is 17.8 Å². The molecule has 1 aromatic carbocycles. The second kappa shape index (κ2) is 9.12. The quantitative estimate of drug-likeness (QED) is 0.628. The van der Waals surface area contributed by atoms with E-state index >= 15 is 0 Å². The molecule has 1 saturated heterocycles. The summed E-state index contributed by atoms with van der Waals surface area (Å²) in [7, 11) is 5.62. The van der Waals surface area contributed by atoms with Gasteiger partial charge in [0.25, 0.3) is 0 Å². The van der Waals surface area contributed by atoms with Crippen molar-refractivity contribution in [2.75, 3.05) is 39.1 Å². The van der Waals surface area contributed by atoms with Crippen LogP contribution in [0, 0.1) is 6.92 Å². The number of nitrogens with zero attached hydrogens (tertiary/aromatic N) is 5. The third-order valence-electron chi connectivity index (χ3n) is 5.84. The third kappa shape index (κ3) is 4.67. The molecule has 3 heterocycles. The van der Waals surface area contributed by atoms with Crippen LogP contribution in [0.5, 0.6) is 0 Å². The number of nitrogens with one attached hydrogen (secondary N) is 1. The van der Waals surface area contributed by atoms with Gasteiger partial charge in [-0.2, -0.15) is 0 Å². The molecule has 1 amide bonds. The molecule has 9 nitrogen and oxygen atoms in total. The van der Waals surface area contributed by atoms with Crippen LogP contribution in [0.25, 0.3) is 11.1 Å². The van der Waals surface area contributed by atoms with Crippen LogP contribution in [0.4, 0.5) is 5.82 Å². The highest BCUT2D eigenvalue weighted by atomic mass is 16.4. The van der Waals surface area contributed by atoms with Crippen LogP contribution < -0.4 is 16.0 Å². The molecule has 0 radical (unpaired) electrons. The van der Waals surface area contributed by atoms with Gasteiger partial charge in [0.15, 0.2) is 5.58 Å². The second-order valence-corrected chi connectivity index (χ2v) is 8.69. The Balaban J connectivity index is 1.54. The summed E-state index contributed by atoms with van der Waals surface area (Å²) >= 11 is 0. The smallest absolute Gasteiger partial charge is 0.408 e. The summed E-state index contributed by atoms with van der Waals surface area (Å²) in [6.45, 7) is 4.07. The zero-order chi connectivity index (χ0) is 22.8. The fraction of sp³-hybridized carbons (Fsp3) is 0.478. The van der Waals surface area contributed by atoms with E-state index in [2.05, 4.69) is 5.32 Å². The van der Waals surface area contributed by atoms with Crippen LogP contribution in [0.2, 0.25) is 0 Å². The van der Waals surface area contributed by atoms with Gasteiger partial charge in [0.1, 0.15) is 18.2 Å². The minimum absolute atomic E-state index is 0.0865. The van der Waals surface area contributed by atoms with E-state index in [-0.39, 0.29) is 18.4 Å². The number of piperidine rings is 1. The highest BCUT2D eigenvalue weighted by Crippen LogP contribution is 2.23. The number of hydrogen-bond donors (Lipinski definition) is 1. The molecular formula is C23H30N6O3. The SMILES string of the molecule is Cc1ccc2oc(=O)n(CC(=O)N(C)Cc3cc(N(C)C)nc(C4CCCNC4)n3)c2c1. The number of benzene rings is 1. The van der Waals surface area contributed by atoms with Gasteiger partial charge in [-0.05, 0) is 44.0 Å². The Morgan fingerprint density at radius 2 is 2.06 bits per heavy atom. The molecule has 9 heteroatoms. The van der Waals surface area contributed by atoms with E-state index < -0.39 is 5.76 Å². The highest BCUT2D eigenvalue weighted by molar-refractivity contribution is 5.79. The van der Waals surface area contributed by atoms with Gasteiger partial charge in [-0.3, -0.25) is 9.36 Å². The number of oxazole rings is 1. The van der Waals surface area contributed by atoms with Crippen LogP contribution in [0.15, 0.2) is 33.5 Å². The number of aryl methyl sites for hydroxylation is 1. The fourth-order valence-electron chi connectivity index (χ4n) is 3.98. The molecule has 0 spiro atoms. The first-order valence-electron chi connectivity index (χ1n) is 10.9. The summed E-state index contributed by atoms with van der Waals surface area (Å²) in [5.74, 6) is 1.18. The highest BCUT2D eigenvalue weighted by Gasteiger charge is 2.21. The van der Waals surface area contributed by atoms with E-state index in [1.165, 1.54) is 4.57 Å². The van der Waals surface area contributed by atoms with E-state index in [4.69, 9.17) is 14.4 Å². The van der Waals surface area contributed by atoms with E-state index in [0.29, 0.717) is 17.6 Å². The van der Waals surface area contributed by atoms with Crippen molar-refractivity contribution in [1.82, 2.24) is 24.8 Å². The van der Waals surface area contributed by atoms with Gasteiger partial charge >= 0.3 is 5.76 Å². The lowest BCUT2D eigenvalue weighted by atomic mass is 9.99. The Hall–Kier alpha value is -3.20. The van der Waals surface area contributed by atoms with Crippen LogP contribution in [0.1, 0.15) is 35.8 Å². The first-order chi connectivity index (χ1) is 15.3. The number of likely N-dealkylation sites (N-methyl/N-ethyl adjacent to an activating group) is 1. The molecule has 170 valence electrons. The van der Waals surface area contributed by atoms with Crippen LogP contribution >= 0.6 is 0 Å². The van der Waals surface area contributed by atoms with Gasteiger partial charge in [0.2, 0.25) is 5.91 Å². The molecule has 0 bridgehead atoms. The number of anilines is 1. The van der Waals surface area contributed by atoms with Crippen molar-refractivity contribution >= 4 is 22.8 Å². The van der Waals surface area contributed by atoms with Crippen molar-refractivity contribution in [2.45, 2.75) is 38.8 Å². The van der Waals surface area contributed by atoms with E-state index in [1.807, 2.05) is 44.1 Å². The second-order valence-electron chi connectivity index (χ2n) is 8.69. The molecule has 2 aromatic heterocycles. The molecule has 1 fully saturated rings. The zero-order valence-electron chi connectivity index (χ0n) is 19.1. The van der Waals surface area contributed by atoms with Crippen molar-refractivity contribution in [3.63, 3.8) is 0 Å². The molecular weight excluding hydrogens is 408 g/mol. The summed E-state index contributed by atoms with van der Waals surface area (Å²) in [6, 6.07) is 7.39. The predicted molar refractivity (Wildman–Crippen MR) is 123 cm³/mol. The Morgan fingerprint density at radius 1 is 1.25 bits per heavy atom. The Morgan fingerprint density at radius 3 is 2.78 bits per heavy atom. The van der Waals surface area contributed by atoms with Gasteiger partial charge in [-0.15, -0.1) is 0 Å². The summed E-state index contributed by atoms with van der Waals surface area (Å²) in [4.78, 5) is 38.3. The van der Waals surface area contributed by atoms with Gasteiger partial charge in [-0.25, -0.2) is 14.8 Å². The number of aromatic nitrogens is 3. The van der Waals surface area contributed by atoms with Crippen molar-refractivity contribution in [1.29, 1.82) is 0 Å². The zero-order valence-corrected chi connectivity index (χ0v) is 19.1. The summed E-state index contributed by atoms with van der Waals surface area (Å²) < 4.78 is 6.66. The number of amides is 1. The number of carbonyl (C=O) groups is 1. The first kappa shape index (κ1) is 22.0. The Labute approximate surface area is 187 Å². The molecule has 32 heavy (non-hydrogen) atoms. The lowest BCUT2D eigenvalue weighted by Gasteiger charge is -2.24. The van der Waals surface area contributed by atoms with Gasteiger partial charge in [0, 0.05) is 39.7 Å². The molecule has 1 N–H and O–H groups in total. The van der Waals surface area contributed by atoms with Crippen LogP contribution in [0.3, 0.4) is 0 Å². The monoisotopic (exact) mass is 438 g/mol. The molecule has 0 aliphatic carbocycles. The summed E-state index contributed by atoms with van der Waals surface area (Å²) in [5.41, 5.74) is 2.88. The maximum atomic E-state index is 13.0. The minimum Gasteiger partial charge on any atom is -0.408 e. The molecule has 4 rings (SSSR count). The standard InChI is InChI=1S/C23H30N6O3/c1-15-7-8-19-18(10-15)29(23(31)32-19)14-21(30)28(4)13-17-11-20(27(2)3)26-22(25-17)16-6-5-9-24-12-16/h7-8,10-11,16,24H,5-6,9,12-14H2,1-4H3. The van der Waals surface area contributed by atoms with Crippen LogP contribution in [-0.2, 0) is 17.9 Å². The lowest BCUT2D eigenvalue weighted by molar-refractivity contribution is -0.131. The molecule has 1 aliphatic heterocycles. The molecule has 1 aliphatic rings. The third-order valence-corrected chi connectivity index (χ3v) is 5.84. The maximum absolute atomic E-state index is 13.0. The maximum Gasteiger partial charge on any atom is 0.420 e. The van der Waals surface area contributed by atoms with Crippen molar-refractivity contribution in [3.8, 4) is 0 Å². The number of rotatable bonds is 6. The van der Waals surface area contributed by atoms with E-state index in [1.54, 1.807) is 18.0 Å². The van der Waals surface area contributed by atoms with Crippen molar-refractivity contribution in [2.24, 2.45) is 0 Å². The van der Waals surface area contributed by atoms with Gasteiger partial charge < -0.3 is 19.5 Å². The lowest BCUT2D eigenvalue weighted by Crippen LogP contribution is -2.33. The molecule has 3 aromatic rings.